The molecule has 5 rings (SSSR count). The molecule has 0 atom stereocenters. The van der Waals surface area contributed by atoms with Crippen molar-refractivity contribution in [2.24, 2.45) is 4.99 Å². The molecule has 2 heterocycles. The highest BCUT2D eigenvalue weighted by Crippen LogP contribution is 2.36. The van der Waals surface area contributed by atoms with Gasteiger partial charge in [-0.15, -0.1) is 0 Å². The first-order chi connectivity index (χ1) is 15.9. The fourth-order valence-electron chi connectivity index (χ4n) is 3.37. The predicted octanol–water partition coefficient (Wildman–Crippen LogP) is 5.83. The Bertz CT molecular complexity index is 1460. The van der Waals surface area contributed by atoms with Crippen LogP contribution in [0.25, 0.3) is 16.3 Å². The topological polar surface area (TPSA) is 88.7 Å². The van der Waals surface area contributed by atoms with Gasteiger partial charge in [0.2, 0.25) is 0 Å². The predicted molar refractivity (Wildman–Crippen MR) is 126 cm³/mol. The summed E-state index contributed by atoms with van der Waals surface area (Å²) in [7, 11) is 0. The number of nitrogens with zero attached hydrogens (tertiary/aromatic N) is 4. The molecule has 0 unspecified atom stereocenters. The van der Waals surface area contributed by atoms with Crippen molar-refractivity contribution in [1.29, 1.82) is 0 Å². The van der Waals surface area contributed by atoms with E-state index in [1.807, 2.05) is 18.2 Å². The summed E-state index contributed by atoms with van der Waals surface area (Å²) in [5.41, 5.74) is 1.60. The van der Waals surface area contributed by atoms with Crippen LogP contribution in [0.15, 0.2) is 77.4 Å². The molecule has 0 saturated carbocycles. The molecular formula is C23H12ClFN4O3S. The number of carbonyl (C=O) groups excluding carboxylic acids is 1. The smallest absolute Gasteiger partial charge is 0.266 e. The average molecular weight is 479 g/mol. The van der Waals surface area contributed by atoms with E-state index < -0.39 is 16.6 Å². The second-order valence-electron chi connectivity index (χ2n) is 7.05. The number of hydrogen-bond donors (Lipinski definition) is 0. The van der Waals surface area contributed by atoms with E-state index in [4.69, 9.17) is 11.6 Å². The van der Waals surface area contributed by atoms with E-state index in [0.717, 1.165) is 11.3 Å². The molecule has 1 amide bonds. The Morgan fingerprint density at radius 3 is 2.64 bits per heavy atom. The van der Waals surface area contributed by atoms with Crippen LogP contribution in [0, 0.1) is 15.9 Å². The molecule has 0 saturated heterocycles. The van der Waals surface area contributed by atoms with Crippen LogP contribution in [0.2, 0.25) is 5.02 Å². The lowest BCUT2D eigenvalue weighted by Crippen LogP contribution is -2.32. The molecule has 0 aliphatic carbocycles. The number of hydrogen-bond acceptors (Lipinski definition) is 6. The lowest BCUT2D eigenvalue weighted by Gasteiger charge is -2.14. The number of benzene rings is 3. The summed E-state index contributed by atoms with van der Waals surface area (Å²) in [5.74, 6) is -0.677. The zero-order valence-electron chi connectivity index (χ0n) is 16.6. The number of rotatable bonds is 4. The highest BCUT2D eigenvalue weighted by molar-refractivity contribution is 7.22. The monoisotopic (exact) mass is 478 g/mol. The van der Waals surface area contributed by atoms with Gasteiger partial charge >= 0.3 is 0 Å². The third-order valence-corrected chi connectivity index (χ3v) is 6.18. The molecule has 7 nitrogen and oxygen atoms in total. The largest absolute Gasteiger partial charge is 0.284 e. The Morgan fingerprint density at radius 1 is 1.09 bits per heavy atom. The minimum absolute atomic E-state index is 0.0599. The molecular weight excluding hydrogens is 467 g/mol. The minimum Gasteiger partial charge on any atom is -0.266 e. The van der Waals surface area contributed by atoms with Crippen LogP contribution in [0.5, 0.6) is 0 Å². The van der Waals surface area contributed by atoms with Crippen LogP contribution in [0.3, 0.4) is 0 Å². The quantitative estimate of drug-likeness (QED) is 0.209. The van der Waals surface area contributed by atoms with Gasteiger partial charge in [-0.2, -0.15) is 0 Å². The maximum absolute atomic E-state index is 13.9. The number of non-ortho nitro benzene ring substituents is 1. The Morgan fingerprint density at radius 2 is 1.88 bits per heavy atom. The first kappa shape index (κ1) is 20.9. The van der Waals surface area contributed by atoms with Crippen molar-refractivity contribution < 1.29 is 14.1 Å². The first-order valence-corrected chi connectivity index (χ1v) is 10.8. The number of nitro benzene ring substituents is 1. The van der Waals surface area contributed by atoms with Gasteiger partial charge in [-0.25, -0.2) is 19.3 Å². The van der Waals surface area contributed by atoms with E-state index in [-0.39, 0.29) is 16.4 Å². The lowest BCUT2D eigenvalue weighted by molar-refractivity contribution is -0.384. The van der Waals surface area contributed by atoms with E-state index in [1.165, 1.54) is 41.3 Å². The minimum atomic E-state index is -0.574. The number of aromatic nitrogens is 1. The van der Waals surface area contributed by atoms with Crippen LogP contribution in [-0.2, 0) is 4.79 Å². The van der Waals surface area contributed by atoms with Crippen molar-refractivity contribution in [3.8, 4) is 0 Å². The normalized spacial score (nSPS) is 14.8. The summed E-state index contributed by atoms with van der Waals surface area (Å²) in [6, 6.07) is 17.7. The number of anilines is 1. The third-order valence-electron chi connectivity index (χ3n) is 4.89. The number of aliphatic imine (C=N–C) groups is 1. The SMILES string of the molecule is O=C1/C(=C/c2cccc([N+](=O)[O-])c2)N=C(c2ccccc2)N1c1nc2cc(Cl)c(F)cc2s1. The van der Waals surface area contributed by atoms with Crippen molar-refractivity contribution in [1.82, 2.24) is 4.98 Å². The van der Waals surface area contributed by atoms with Gasteiger partial charge in [0.1, 0.15) is 17.3 Å². The zero-order valence-corrected chi connectivity index (χ0v) is 18.2. The van der Waals surface area contributed by atoms with Crippen molar-refractivity contribution >= 4 is 61.8 Å². The van der Waals surface area contributed by atoms with Gasteiger partial charge in [0.05, 0.1) is 20.2 Å². The second kappa shape index (κ2) is 8.19. The first-order valence-electron chi connectivity index (χ1n) is 9.61. The standard InChI is InChI=1S/C23H12ClFN4O3S/c24-16-11-18-20(12-17(16)25)33-23(27-18)28-21(14-6-2-1-3-7-14)26-19(22(28)30)10-13-5-4-8-15(9-13)29(31)32/h1-12H/b19-10-. The third kappa shape index (κ3) is 3.88. The van der Waals surface area contributed by atoms with Crippen molar-refractivity contribution in [3.05, 3.63) is 105 Å². The van der Waals surface area contributed by atoms with E-state index in [1.54, 1.807) is 18.2 Å². The second-order valence-corrected chi connectivity index (χ2v) is 8.47. The molecule has 0 bridgehead atoms. The van der Waals surface area contributed by atoms with Crippen LogP contribution < -0.4 is 4.90 Å². The van der Waals surface area contributed by atoms with Gasteiger partial charge in [-0.1, -0.05) is 65.4 Å². The summed E-state index contributed by atoms with van der Waals surface area (Å²) in [5, 5.41) is 11.3. The molecule has 33 heavy (non-hydrogen) atoms. The molecule has 3 aromatic carbocycles. The van der Waals surface area contributed by atoms with Gasteiger partial charge in [0.25, 0.3) is 11.6 Å². The molecule has 0 N–H and O–H groups in total. The maximum Gasteiger partial charge on any atom is 0.284 e. The van der Waals surface area contributed by atoms with E-state index in [2.05, 4.69) is 9.98 Å². The highest BCUT2D eigenvalue weighted by atomic mass is 35.5. The molecule has 0 spiro atoms. The Balaban J connectivity index is 1.63. The summed E-state index contributed by atoms with van der Waals surface area (Å²) in [4.78, 5) is 34.4. The number of amidine groups is 1. The number of amides is 1. The van der Waals surface area contributed by atoms with Crippen molar-refractivity contribution in [2.75, 3.05) is 4.90 Å². The van der Waals surface area contributed by atoms with Gasteiger partial charge in [-0.05, 0) is 23.8 Å². The van der Waals surface area contributed by atoms with E-state index >= 15 is 0 Å². The molecule has 1 aliphatic rings. The van der Waals surface area contributed by atoms with Gasteiger partial charge < -0.3 is 0 Å². The fraction of sp³-hybridized carbons (Fsp3) is 0. The van der Waals surface area contributed by atoms with E-state index in [0.29, 0.717) is 32.3 Å². The number of fused-ring (bicyclic) bond motifs is 1. The molecule has 0 radical (unpaired) electrons. The Hall–Kier alpha value is -3.95. The number of nitro groups is 1. The van der Waals surface area contributed by atoms with Crippen molar-refractivity contribution in [3.63, 3.8) is 0 Å². The maximum atomic E-state index is 13.9. The highest BCUT2D eigenvalue weighted by Gasteiger charge is 2.34. The molecule has 10 heteroatoms. The van der Waals surface area contributed by atoms with Crippen LogP contribution in [0.1, 0.15) is 11.1 Å². The van der Waals surface area contributed by atoms with Crippen molar-refractivity contribution in [2.45, 2.75) is 0 Å². The van der Waals surface area contributed by atoms with Gasteiger partial charge in [0.15, 0.2) is 5.13 Å². The Kier molecular flexibility index (Phi) is 5.20. The van der Waals surface area contributed by atoms with Gasteiger partial charge in [-0.3, -0.25) is 14.9 Å². The van der Waals surface area contributed by atoms with E-state index in [9.17, 15) is 19.3 Å². The zero-order chi connectivity index (χ0) is 23.1. The lowest BCUT2D eigenvalue weighted by atomic mass is 10.1. The molecule has 4 aromatic rings. The van der Waals surface area contributed by atoms with Crippen LogP contribution in [-0.4, -0.2) is 21.7 Å². The summed E-state index contributed by atoms with van der Waals surface area (Å²) < 4.78 is 14.5. The number of thiazole rings is 1. The molecule has 1 aromatic heterocycles. The number of halogens is 2. The summed E-state index contributed by atoms with van der Waals surface area (Å²) in [6.45, 7) is 0. The van der Waals surface area contributed by atoms with Crippen LogP contribution in [0.4, 0.5) is 15.2 Å². The number of carbonyl (C=O) groups is 1. The average Bonchev–Trinajstić information content (AvgIpc) is 3.35. The van der Waals surface area contributed by atoms with Crippen LogP contribution >= 0.6 is 22.9 Å². The summed E-state index contributed by atoms with van der Waals surface area (Å²) in [6.07, 6.45) is 1.49. The molecule has 1 aliphatic heterocycles. The molecule has 0 fully saturated rings. The Labute approximate surface area is 195 Å². The fourth-order valence-corrected chi connectivity index (χ4v) is 4.50. The molecule has 162 valence electrons. The summed E-state index contributed by atoms with van der Waals surface area (Å²) >= 11 is 7.02. The van der Waals surface area contributed by atoms with Gasteiger partial charge in [0, 0.05) is 17.7 Å².